The second-order valence-electron chi connectivity index (χ2n) is 10.1. The van der Waals surface area contributed by atoms with Gasteiger partial charge in [-0.15, -0.1) is 0 Å². The second kappa shape index (κ2) is 25.1. The number of ether oxygens (including phenoxy) is 3. The van der Waals surface area contributed by atoms with E-state index in [4.69, 9.17) is 19.9 Å². The zero-order valence-corrected chi connectivity index (χ0v) is 28.8. The molecule has 2 atom stereocenters. The quantitative estimate of drug-likeness (QED) is 0.0540. The predicted octanol–water partition coefficient (Wildman–Crippen LogP) is 4.42. The van der Waals surface area contributed by atoms with Crippen molar-refractivity contribution in [3.63, 3.8) is 0 Å². The third-order valence-corrected chi connectivity index (χ3v) is 7.40. The first-order chi connectivity index (χ1) is 21.2. The number of esters is 1. The molecule has 0 spiro atoms. The highest BCUT2D eigenvalue weighted by atomic mass is 31.2. The third-order valence-electron chi connectivity index (χ3n) is 5.87. The molecule has 1 amide bonds. The fourth-order valence-electron chi connectivity index (χ4n) is 3.73. The Morgan fingerprint density at radius 2 is 1.49 bits per heavy atom. The molecular weight excluding hydrogens is 630 g/mol. The lowest BCUT2D eigenvalue weighted by Gasteiger charge is -2.19. The average molecular weight is 682 g/mol. The summed E-state index contributed by atoms with van der Waals surface area (Å²) >= 11 is 0. The summed E-state index contributed by atoms with van der Waals surface area (Å²) < 4.78 is 50.4. The van der Waals surface area contributed by atoms with Gasteiger partial charge in [-0.2, -0.15) is 0 Å². The number of nitrogens with two attached hydrogens (primary N) is 1. The molecule has 0 radical (unpaired) electrons. The van der Waals surface area contributed by atoms with E-state index in [0.29, 0.717) is 31.9 Å². The molecule has 0 bridgehead atoms. The Kier molecular flexibility index (Phi) is 24.0. The number of nitrogens with one attached hydrogen (secondary N) is 1. The molecule has 2 unspecified atom stereocenters. The van der Waals surface area contributed by atoms with Crippen LogP contribution in [0.15, 0.2) is 12.1 Å². The van der Waals surface area contributed by atoms with Crippen LogP contribution in [0.4, 0.5) is 4.79 Å². The maximum atomic E-state index is 11.9. The fourth-order valence-corrected chi connectivity index (χ4v) is 4.60. The standard InChI is InChI=1S/C22H34NO8P.C7H18NO4P/c1-5-11-28-16-20(24)31-21-17(2)13-19(14-18(21)3)15-29-22(25)23-10-8-6-7-9-12-30-32(4,26)27;1-11-13(9,10)12-7-5-3-2-4-6-8/h13-14H,4-12,15-16H2,1-3H3,(H-,23,25,26,27);2-8H2,1H3,(H,9,10)/p-1. The number of phosphoric acid groups is 1. The molecule has 0 aliphatic rings. The van der Waals surface area contributed by atoms with Crippen molar-refractivity contribution in [1.29, 1.82) is 0 Å². The first-order valence-corrected chi connectivity index (χ1v) is 18.2. The Morgan fingerprint density at radius 1 is 0.911 bits per heavy atom. The Morgan fingerprint density at radius 3 is 2.04 bits per heavy atom. The van der Waals surface area contributed by atoms with Crippen molar-refractivity contribution >= 4 is 27.5 Å². The van der Waals surface area contributed by atoms with E-state index in [0.717, 1.165) is 75.2 Å². The van der Waals surface area contributed by atoms with E-state index in [1.54, 1.807) is 0 Å². The average Bonchev–Trinajstić information content (AvgIpc) is 2.97. The third kappa shape index (κ3) is 24.9. The molecule has 45 heavy (non-hydrogen) atoms. The summed E-state index contributed by atoms with van der Waals surface area (Å²) in [5.41, 5.74) is 7.61. The summed E-state index contributed by atoms with van der Waals surface area (Å²) in [5, 5.41) is 2.68. The Labute approximate surface area is 267 Å². The van der Waals surface area contributed by atoms with E-state index in [-0.39, 0.29) is 26.4 Å². The molecule has 3 N–H and O–H groups in total. The van der Waals surface area contributed by atoms with Crippen molar-refractivity contribution in [3.05, 3.63) is 35.5 Å². The van der Waals surface area contributed by atoms with Gasteiger partial charge in [0.2, 0.25) is 0 Å². The Balaban J connectivity index is 0.00000125. The van der Waals surface area contributed by atoms with E-state index < -0.39 is 27.5 Å². The van der Waals surface area contributed by atoms with E-state index in [9.17, 15) is 28.5 Å². The van der Waals surface area contributed by atoms with Crippen LogP contribution in [0, 0.1) is 20.5 Å². The van der Waals surface area contributed by atoms with Gasteiger partial charge in [-0.05, 0) is 81.3 Å². The second-order valence-corrected chi connectivity index (χ2v) is 13.1. The highest BCUT2D eigenvalue weighted by molar-refractivity contribution is 7.52. The number of aryl methyl sites for hydroxylation is 2. The summed E-state index contributed by atoms with van der Waals surface area (Å²) in [6.45, 7) is 10.5. The van der Waals surface area contributed by atoms with Crippen LogP contribution in [0.5, 0.6) is 5.75 Å². The zero-order valence-electron chi connectivity index (χ0n) is 27.0. The van der Waals surface area contributed by atoms with Crippen LogP contribution >= 0.6 is 15.4 Å². The molecule has 0 aromatic heterocycles. The maximum absolute atomic E-state index is 11.9. The number of hydrogen-bond acceptors (Lipinski definition) is 13. The predicted molar refractivity (Wildman–Crippen MR) is 166 cm³/mol. The van der Waals surface area contributed by atoms with Crippen LogP contribution in [0.25, 0.3) is 0 Å². The number of hydrogen-bond donors (Lipinski definition) is 2. The molecule has 0 fully saturated rings. The number of amides is 1. The molecular formula is C29H51N2O12P2-. The normalized spacial score (nSPS) is 13.6. The lowest BCUT2D eigenvalue weighted by atomic mass is 10.1. The van der Waals surface area contributed by atoms with Crippen LogP contribution < -0.4 is 25.6 Å². The first kappa shape index (κ1) is 43.0. The first-order valence-electron chi connectivity index (χ1n) is 15.0. The lowest BCUT2D eigenvalue weighted by Crippen LogP contribution is -2.25. The van der Waals surface area contributed by atoms with Gasteiger partial charge in [0, 0.05) is 20.3 Å². The van der Waals surface area contributed by atoms with Crippen molar-refractivity contribution in [2.45, 2.75) is 85.2 Å². The highest BCUT2D eigenvalue weighted by Gasteiger charge is 2.13. The molecule has 1 aromatic carbocycles. The Hall–Kier alpha value is -1.99. The molecule has 0 aliphatic carbocycles. The van der Waals surface area contributed by atoms with Crippen molar-refractivity contribution in [3.8, 4) is 5.75 Å². The minimum absolute atomic E-state index is 0.0933. The fraction of sp³-hybridized carbons (Fsp3) is 0.690. The molecule has 0 aliphatic heterocycles. The van der Waals surface area contributed by atoms with Gasteiger partial charge in [-0.25, -0.2) is 9.59 Å². The topological polar surface area (TPSA) is 208 Å². The van der Waals surface area contributed by atoms with E-state index in [1.165, 1.54) is 0 Å². The monoisotopic (exact) mass is 681 g/mol. The number of carbonyl (C=O) groups is 2. The van der Waals surface area contributed by atoms with Crippen LogP contribution in [0.2, 0.25) is 0 Å². The molecule has 0 heterocycles. The number of carbonyl (C=O) groups excluding carboxylic acids is 2. The molecule has 0 saturated carbocycles. The van der Waals surface area contributed by atoms with Gasteiger partial charge < -0.3 is 48.6 Å². The van der Waals surface area contributed by atoms with Crippen molar-refractivity contribution < 1.29 is 56.3 Å². The van der Waals surface area contributed by atoms with E-state index in [1.807, 2.05) is 32.9 Å². The molecule has 1 aromatic rings. The summed E-state index contributed by atoms with van der Waals surface area (Å²) in [6, 6.07) is 3.62. The van der Waals surface area contributed by atoms with Gasteiger partial charge >= 0.3 is 19.7 Å². The van der Waals surface area contributed by atoms with Crippen LogP contribution in [-0.4, -0.2) is 58.7 Å². The van der Waals surface area contributed by atoms with Crippen LogP contribution in [0.1, 0.15) is 81.4 Å². The number of unbranched alkanes of at least 4 members (excludes halogenated alkanes) is 6. The smallest absolute Gasteiger partial charge is 0.407 e. The highest BCUT2D eigenvalue weighted by Crippen LogP contribution is 2.37. The van der Waals surface area contributed by atoms with Crippen molar-refractivity contribution in [2.24, 2.45) is 5.73 Å². The summed E-state index contributed by atoms with van der Waals surface area (Å²) in [4.78, 5) is 45.1. The Bertz CT molecular complexity index is 1040. The maximum Gasteiger partial charge on any atom is 0.407 e. The van der Waals surface area contributed by atoms with E-state index >= 15 is 0 Å². The molecule has 260 valence electrons. The van der Waals surface area contributed by atoms with Gasteiger partial charge in [0.1, 0.15) is 25.6 Å². The van der Waals surface area contributed by atoms with Gasteiger partial charge in [0.15, 0.2) is 0 Å². The largest absolute Gasteiger partial charge is 0.756 e. The van der Waals surface area contributed by atoms with Crippen LogP contribution in [0.3, 0.4) is 0 Å². The number of rotatable bonds is 23. The SMILES string of the molecule is COP(=O)([O-])OCCCCCCN.[CH2+]P(=O)([O-])OCCCCCCNC(=O)OCc1cc(C)c(OC(=O)COCCC)c(C)c1. The van der Waals surface area contributed by atoms with Gasteiger partial charge in [-0.1, -0.05) is 32.6 Å². The van der Waals surface area contributed by atoms with Crippen LogP contribution in [-0.2, 0) is 43.6 Å². The van der Waals surface area contributed by atoms with Gasteiger partial charge in [-0.3, -0.25) is 9.13 Å². The minimum Gasteiger partial charge on any atom is -0.756 e. The van der Waals surface area contributed by atoms with E-state index in [2.05, 4.69) is 25.6 Å². The van der Waals surface area contributed by atoms with Gasteiger partial charge in [0.05, 0.1) is 13.2 Å². The molecule has 1 rings (SSSR count). The molecule has 14 nitrogen and oxygen atoms in total. The van der Waals surface area contributed by atoms with Crippen molar-refractivity contribution in [2.75, 3.05) is 46.6 Å². The summed E-state index contributed by atoms with van der Waals surface area (Å²) in [7, 11) is -6.81. The minimum atomic E-state index is -4.00. The number of alkyl carbamates (subject to hydrolysis) is 1. The summed E-state index contributed by atoms with van der Waals surface area (Å²) in [6.07, 6.45) is 6.91. The molecule has 0 saturated heterocycles. The van der Waals surface area contributed by atoms with Crippen molar-refractivity contribution in [1.82, 2.24) is 5.32 Å². The summed E-state index contributed by atoms with van der Waals surface area (Å²) in [5.74, 6) is 0.0373. The lowest BCUT2D eigenvalue weighted by molar-refractivity contribution is -0.223. The number of benzene rings is 1. The molecule has 16 heteroatoms. The van der Waals surface area contributed by atoms with Gasteiger partial charge in [0.25, 0.3) is 7.82 Å². The number of phosphoric ester groups is 1. The zero-order chi connectivity index (χ0) is 34.1.